The smallest absolute Gasteiger partial charge is 0.0374 e. The van der Waals surface area contributed by atoms with E-state index in [1.807, 2.05) is 6.26 Å². The van der Waals surface area contributed by atoms with Crippen molar-refractivity contribution in [2.24, 2.45) is 0 Å². The Morgan fingerprint density at radius 2 is 2.08 bits per heavy atom. The summed E-state index contributed by atoms with van der Waals surface area (Å²) in [6.07, 6.45) is 3.97. The van der Waals surface area contributed by atoms with Crippen molar-refractivity contribution in [1.82, 2.24) is 4.90 Å². The van der Waals surface area contributed by atoms with Crippen LogP contribution in [0, 0.1) is 0 Å². The zero-order valence-electron chi connectivity index (χ0n) is 8.46. The maximum Gasteiger partial charge on any atom is 0.0374 e. The normalized spacial score (nSPS) is 33.2. The minimum atomic E-state index is -0.640. The molecule has 0 spiro atoms. The molecule has 0 amide bonds. The molecule has 1 rings (SSSR count). The molecular weight excluding hydrogens is 170 g/mol. The average molecular weight is 189 g/mol. The fourth-order valence-electron chi connectivity index (χ4n) is 1.74. The molecule has 0 aromatic heterocycles. The molecule has 2 unspecified atom stereocenters. The average Bonchev–Trinajstić information content (AvgIpc) is 1.94. The predicted molar refractivity (Wildman–Crippen MR) is 53.8 cm³/mol. The van der Waals surface area contributed by atoms with Crippen LogP contribution in [-0.2, 0) is 10.8 Å². The Bertz CT molecular complexity index is 191. The topological polar surface area (TPSA) is 20.3 Å². The highest BCUT2D eigenvalue weighted by Gasteiger charge is 2.33. The summed E-state index contributed by atoms with van der Waals surface area (Å²) in [5.74, 6) is 0. The number of nitrogens with zero attached hydrogens (tertiary/aromatic N) is 1. The Balaban J connectivity index is 2.63. The quantitative estimate of drug-likeness (QED) is 0.618. The van der Waals surface area contributed by atoms with Gasteiger partial charge in [-0.3, -0.25) is 4.21 Å². The third-order valence-corrected chi connectivity index (χ3v) is 4.36. The molecule has 0 aliphatic carbocycles. The van der Waals surface area contributed by atoms with Crippen LogP contribution in [-0.4, -0.2) is 39.7 Å². The maximum absolute atomic E-state index is 11.3. The third kappa shape index (κ3) is 2.07. The van der Waals surface area contributed by atoms with Gasteiger partial charge in [-0.2, -0.15) is 0 Å². The second-order valence-corrected chi connectivity index (χ2v) is 6.01. The summed E-state index contributed by atoms with van der Waals surface area (Å²) in [6.45, 7) is 5.54. The molecule has 1 saturated heterocycles. The molecule has 0 N–H and O–H groups in total. The van der Waals surface area contributed by atoms with Crippen LogP contribution < -0.4 is 0 Å². The second kappa shape index (κ2) is 3.46. The Morgan fingerprint density at radius 3 is 2.50 bits per heavy atom. The Hall–Kier alpha value is 0.110. The van der Waals surface area contributed by atoms with Gasteiger partial charge >= 0.3 is 0 Å². The van der Waals surface area contributed by atoms with E-state index < -0.39 is 10.8 Å². The molecule has 0 aromatic rings. The van der Waals surface area contributed by atoms with Crippen LogP contribution in [0.15, 0.2) is 0 Å². The minimum Gasteiger partial charge on any atom is -0.301 e. The molecule has 1 heterocycles. The number of piperidine rings is 1. The van der Waals surface area contributed by atoms with Crippen LogP contribution in [0.3, 0.4) is 0 Å². The summed E-state index contributed by atoms with van der Waals surface area (Å²) < 4.78 is 11.3. The Labute approximate surface area is 77.8 Å². The van der Waals surface area contributed by atoms with Crippen LogP contribution in [0.5, 0.6) is 0 Å². The van der Waals surface area contributed by atoms with Gasteiger partial charge in [0.2, 0.25) is 0 Å². The summed E-state index contributed by atoms with van der Waals surface area (Å²) in [7, 11) is 1.51. The van der Waals surface area contributed by atoms with Gasteiger partial charge in [0.05, 0.1) is 0 Å². The summed E-state index contributed by atoms with van der Waals surface area (Å²) in [5, 5.41) is 0.413. The fraction of sp³-hybridized carbons (Fsp3) is 1.00. The van der Waals surface area contributed by atoms with E-state index >= 15 is 0 Å². The minimum absolute atomic E-state index is 0.231. The first-order valence-corrected chi connectivity index (χ1v) is 6.09. The molecule has 0 saturated carbocycles. The van der Waals surface area contributed by atoms with Gasteiger partial charge in [-0.05, 0) is 40.3 Å². The van der Waals surface area contributed by atoms with Crippen molar-refractivity contribution in [3.8, 4) is 0 Å². The molecular formula is C9H19NOS. The highest BCUT2D eigenvalue weighted by molar-refractivity contribution is 7.84. The van der Waals surface area contributed by atoms with Gasteiger partial charge in [-0.15, -0.1) is 0 Å². The monoisotopic (exact) mass is 189 g/mol. The van der Waals surface area contributed by atoms with E-state index in [4.69, 9.17) is 0 Å². The molecule has 12 heavy (non-hydrogen) atoms. The summed E-state index contributed by atoms with van der Waals surface area (Å²) in [4.78, 5) is 2.36. The SMILES string of the molecule is CN1CCC(S(C)=O)CC1(C)C. The van der Waals surface area contributed by atoms with Crippen LogP contribution in [0.2, 0.25) is 0 Å². The van der Waals surface area contributed by atoms with Gasteiger partial charge in [0.1, 0.15) is 0 Å². The molecule has 2 atom stereocenters. The first-order valence-electron chi connectivity index (χ1n) is 4.47. The van der Waals surface area contributed by atoms with Gasteiger partial charge in [0.25, 0.3) is 0 Å². The van der Waals surface area contributed by atoms with Gasteiger partial charge < -0.3 is 4.90 Å². The maximum atomic E-state index is 11.3. The second-order valence-electron chi connectivity index (χ2n) is 4.35. The number of hydrogen-bond donors (Lipinski definition) is 0. The van der Waals surface area contributed by atoms with Gasteiger partial charge in [-0.25, -0.2) is 0 Å². The van der Waals surface area contributed by atoms with Gasteiger partial charge in [0.15, 0.2) is 0 Å². The number of likely N-dealkylation sites (tertiary alicyclic amines) is 1. The molecule has 2 nitrogen and oxygen atoms in total. The molecule has 0 aromatic carbocycles. The largest absolute Gasteiger partial charge is 0.301 e. The van der Waals surface area contributed by atoms with E-state index in [-0.39, 0.29) is 5.54 Å². The van der Waals surface area contributed by atoms with Gasteiger partial charge in [0, 0.05) is 27.8 Å². The van der Waals surface area contributed by atoms with Crippen molar-refractivity contribution in [3.63, 3.8) is 0 Å². The van der Waals surface area contributed by atoms with Crippen molar-refractivity contribution in [2.75, 3.05) is 19.8 Å². The van der Waals surface area contributed by atoms with Crippen molar-refractivity contribution in [1.29, 1.82) is 0 Å². The molecule has 1 fully saturated rings. The number of hydrogen-bond acceptors (Lipinski definition) is 2. The molecule has 72 valence electrons. The van der Waals surface area contributed by atoms with Crippen LogP contribution in [0.4, 0.5) is 0 Å². The lowest BCUT2D eigenvalue weighted by atomic mass is 9.91. The standard InChI is InChI=1S/C9H19NOS/c1-9(2)7-8(12(4)11)5-6-10(9)3/h8H,5-7H2,1-4H3. The van der Waals surface area contributed by atoms with E-state index in [9.17, 15) is 4.21 Å². The van der Waals surface area contributed by atoms with Crippen LogP contribution >= 0.6 is 0 Å². The van der Waals surface area contributed by atoms with Crippen molar-refractivity contribution < 1.29 is 4.21 Å². The molecule has 0 bridgehead atoms. The van der Waals surface area contributed by atoms with Crippen molar-refractivity contribution in [2.45, 2.75) is 37.5 Å². The molecule has 3 heteroatoms. The fourth-order valence-corrected chi connectivity index (χ4v) is 2.82. The van der Waals surface area contributed by atoms with Crippen molar-refractivity contribution in [3.05, 3.63) is 0 Å². The van der Waals surface area contributed by atoms with Crippen molar-refractivity contribution >= 4 is 10.8 Å². The van der Waals surface area contributed by atoms with E-state index in [0.717, 1.165) is 19.4 Å². The van der Waals surface area contributed by atoms with Crippen LogP contribution in [0.1, 0.15) is 26.7 Å². The first-order chi connectivity index (χ1) is 5.43. The highest BCUT2D eigenvalue weighted by atomic mass is 32.2. The summed E-state index contributed by atoms with van der Waals surface area (Å²) >= 11 is 0. The first kappa shape index (κ1) is 10.2. The summed E-state index contributed by atoms with van der Waals surface area (Å²) in [5.41, 5.74) is 0.231. The van der Waals surface area contributed by atoms with E-state index in [2.05, 4.69) is 25.8 Å². The molecule has 1 aliphatic heterocycles. The number of rotatable bonds is 1. The highest BCUT2D eigenvalue weighted by Crippen LogP contribution is 2.28. The van der Waals surface area contributed by atoms with E-state index in [1.165, 1.54) is 0 Å². The van der Waals surface area contributed by atoms with Gasteiger partial charge in [-0.1, -0.05) is 0 Å². The zero-order valence-corrected chi connectivity index (χ0v) is 9.28. The zero-order chi connectivity index (χ0) is 9.35. The lowest BCUT2D eigenvalue weighted by Gasteiger charge is -2.42. The van der Waals surface area contributed by atoms with Crippen LogP contribution in [0.25, 0.3) is 0 Å². The summed E-state index contributed by atoms with van der Waals surface area (Å²) in [6, 6.07) is 0. The lowest BCUT2D eigenvalue weighted by molar-refractivity contribution is 0.111. The third-order valence-electron chi connectivity index (χ3n) is 3.02. The molecule has 1 aliphatic rings. The molecule has 0 radical (unpaired) electrons. The lowest BCUT2D eigenvalue weighted by Crippen LogP contribution is -2.49. The van der Waals surface area contributed by atoms with E-state index in [0.29, 0.717) is 5.25 Å². The van der Waals surface area contributed by atoms with E-state index in [1.54, 1.807) is 0 Å². The Kier molecular flexibility index (Phi) is 2.94. The predicted octanol–water partition coefficient (Wildman–Crippen LogP) is 1.24. The Morgan fingerprint density at radius 1 is 1.50 bits per heavy atom.